The molecule has 0 heterocycles. The first-order valence-corrected chi connectivity index (χ1v) is 8.15. The van der Waals surface area contributed by atoms with E-state index in [1.165, 1.54) is 6.42 Å². The van der Waals surface area contributed by atoms with Gasteiger partial charge in [0.15, 0.2) is 0 Å². The Kier molecular flexibility index (Phi) is 5.84. The third-order valence-corrected chi connectivity index (χ3v) is 4.84. The molecular formula is C18H29NO3. The molecule has 1 unspecified atom stereocenters. The fourth-order valence-corrected chi connectivity index (χ4v) is 3.50. The van der Waals surface area contributed by atoms with Crippen molar-refractivity contribution in [3.05, 3.63) is 29.3 Å². The van der Waals surface area contributed by atoms with Crippen molar-refractivity contribution in [1.82, 2.24) is 4.90 Å². The highest BCUT2D eigenvalue weighted by Crippen LogP contribution is 2.38. The van der Waals surface area contributed by atoms with Crippen molar-refractivity contribution in [2.24, 2.45) is 0 Å². The molecule has 0 bridgehead atoms. The summed E-state index contributed by atoms with van der Waals surface area (Å²) in [6.45, 7) is -0.0402. The van der Waals surface area contributed by atoms with Crippen LogP contribution in [-0.4, -0.2) is 41.9 Å². The second-order valence-electron chi connectivity index (χ2n) is 6.70. The van der Waals surface area contributed by atoms with Crippen LogP contribution in [0, 0.1) is 0 Å². The van der Waals surface area contributed by atoms with Crippen molar-refractivity contribution in [2.45, 2.75) is 56.8 Å². The van der Waals surface area contributed by atoms with E-state index in [0.29, 0.717) is 5.75 Å². The Morgan fingerprint density at radius 1 is 1.23 bits per heavy atom. The fraction of sp³-hybridized carbons (Fsp3) is 0.667. The molecule has 0 aliphatic heterocycles. The van der Waals surface area contributed by atoms with Gasteiger partial charge in [0.1, 0.15) is 5.75 Å². The van der Waals surface area contributed by atoms with Crippen LogP contribution in [0.15, 0.2) is 18.2 Å². The van der Waals surface area contributed by atoms with Gasteiger partial charge in [-0.05, 0) is 51.1 Å². The van der Waals surface area contributed by atoms with Gasteiger partial charge in [0.25, 0.3) is 0 Å². The number of rotatable bonds is 6. The highest BCUT2D eigenvalue weighted by molar-refractivity contribution is 5.38. The van der Waals surface area contributed by atoms with Gasteiger partial charge in [-0.25, -0.2) is 0 Å². The lowest BCUT2D eigenvalue weighted by Crippen LogP contribution is -2.36. The van der Waals surface area contributed by atoms with Crippen LogP contribution in [0.1, 0.15) is 55.7 Å². The maximum Gasteiger partial charge on any atom is 0.124 e. The molecule has 1 atom stereocenters. The molecule has 0 amide bonds. The van der Waals surface area contributed by atoms with Crippen LogP contribution < -0.4 is 4.74 Å². The molecule has 0 spiro atoms. The minimum absolute atomic E-state index is 0.0402. The SMILES string of the molecule is COc1ccc(C(CC2(O)CCCCC2)N(C)C)cc1CO. The smallest absolute Gasteiger partial charge is 0.124 e. The largest absolute Gasteiger partial charge is 0.496 e. The lowest BCUT2D eigenvalue weighted by Gasteiger charge is -2.37. The first kappa shape index (κ1) is 17.3. The number of hydrogen-bond donors (Lipinski definition) is 2. The zero-order valence-electron chi connectivity index (χ0n) is 14.0. The summed E-state index contributed by atoms with van der Waals surface area (Å²) >= 11 is 0. The van der Waals surface area contributed by atoms with E-state index in [0.717, 1.165) is 43.2 Å². The lowest BCUT2D eigenvalue weighted by atomic mass is 9.79. The quantitative estimate of drug-likeness (QED) is 0.848. The summed E-state index contributed by atoms with van der Waals surface area (Å²) in [5.41, 5.74) is 1.35. The first-order valence-electron chi connectivity index (χ1n) is 8.15. The van der Waals surface area contributed by atoms with Crippen LogP contribution >= 0.6 is 0 Å². The van der Waals surface area contributed by atoms with Crippen LogP contribution in [0.5, 0.6) is 5.75 Å². The predicted molar refractivity (Wildman–Crippen MR) is 88.0 cm³/mol. The number of aliphatic hydroxyl groups excluding tert-OH is 1. The molecule has 22 heavy (non-hydrogen) atoms. The van der Waals surface area contributed by atoms with Gasteiger partial charge in [0.2, 0.25) is 0 Å². The number of aliphatic hydroxyl groups is 2. The van der Waals surface area contributed by atoms with E-state index in [4.69, 9.17) is 4.74 Å². The zero-order valence-corrected chi connectivity index (χ0v) is 14.0. The van der Waals surface area contributed by atoms with Crippen LogP contribution in [0.4, 0.5) is 0 Å². The molecule has 2 rings (SSSR count). The molecule has 1 aromatic rings. The lowest BCUT2D eigenvalue weighted by molar-refractivity contribution is -0.0227. The molecule has 1 saturated carbocycles. The molecule has 4 nitrogen and oxygen atoms in total. The third-order valence-electron chi connectivity index (χ3n) is 4.84. The molecule has 1 aliphatic carbocycles. The summed E-state index contributed by atoms with van der Waals surface area (Å²) in [6, 6.07) is 6.08. The van der Waals surface area contributed by atoms with Gasteiger partial charge >= 0.3 is 0 Å². The topological polar surface area (TPSA) is 52.9 Å². The molecule has 1 fully saturated rings. The minimum atomic E-state index is -0.563. The number of methoxy groups -OCH3 is 1. The number of hydrogen-bond acceptors (Lipinski definition) is 4. The van der Waals surface area contributed by atoms with Gasteiger partial charge < -0.3 is 19.8 Å². The second kappa shape index (κ2) is 7.44. The average Bonchev–Trinajstić information content (AvgIpc) is 2.52. The Morgan fingerprint density at radius 2 is 1.91 bits per heavy atom. The maximum absolute atomic E-state index is 10.9. The third kappa shape index (κ3) is 4.00. The molecule has 0 radical (unpaired) electrons. The van der Waals surface area contributed by atoms with Crippen molar-refractivity contribution in [1.29, 1.82) is 0 Å². The number of nitrogens with zero attached hydrogens (tertiary/aromatic N) is 1. The molecule has 0 saturated heterocycles. The van der Waals surface area contributed by atoms with E-state index < -0.39 is 5.60 Å². The zero-order chi connectivity index (χ0) is 16.2. The monoisotopic (exact) mass is 307 g/mol. The molecule has 1 aliphatic rings. The number of ether oxygens (including phenoxy) is 1. The highest BCUT2D eigenvalue weighted by atomic mass is 16.5. The Hall–Kier alpha value is -1.10. The summed E-state index contributed by atoms with van der Waals surface area (Å²) < 4.78 is 5.28. The van der Waals surface area contributed by atoms with Crippen LogP contribution in [0.25, 0.3) is 0 Å². The first-order chi connectivity index (χ1) is 10.5. The normalized spacial score (nSPS) is 19.2. The van der Waals surface area contributed by atoms with Crippen molar-refractivity contribution >= 4 is 0 Å². The maximum atomic E-state index is 10.9. The molecule has 124 valence electrons. The van der Waals surface area contributed by atoms with Crippen molar-refractivity contribution in [3.63, 3.8) is 0 Å². The Labute approximate surface area is 133 Å². The fourth-order valence-electron chi connectivity index (χ4n) is 3.50. The minimum Gasteiger partial charge on any atom is -0.496 e. The van der Waals surface area contributed by atoms with Crippen molar-refractivity contribution in [3.8, 4) is 5.75 Å². The summed E-state index contributed by atoms with van der Waals surface area (Å²) in [5.74, 6) is 0.708. The predicted octanol–water partition coefficient (Wildman–Crippen LogP) is 2.88. The van der Waals surface area contributed by atoms with Crippen molar-refractivity contribution in [2.75, 3.05) is 21.2 Å². The molecule has 4 heteroatoms. The van der Waals surface area contributed by atoms with E-state index in [-0.39, 0.29) is 12.6 Å². The van der Waals surface area contributed by atoms with Gasteiger partial charge in [-0.3, -0.25) is 0 Å². The average molecular weight is 307 g/mol. The molecular weight excluding hydrogens is 278 g/mol. The molecule has 1 aromatic carbocycles. The summed E-state index contributed by atoms with van der Waals surface area (Å²) in [5, 5.41) is 20.4. The Morgan fingerprint density at radius 3 is 2.45 bits per heavy atom. The van der Waals surface area contributed by atoms with Crippen molar-refractivity contribution < 1.29 is 14.9 Å². The summed E-state index contributed by atoms with van der Waals surface area (Å²) in [6.07, 6.45) is 5.96. The van der Waals surface area contributed by atoms with Gasteiger partial charge in [-0.1, -0.05) is 25.3 Å². The van der Waals surface area contributed by atoms with Gasteiger partial charge in [-0.15, -0.1) is 0 Å². The van der Waals surface area contributed by atoms with Crippen LogP contribution in [0.3, 0.4) is 0 Å². The molecule has 0 aromatic heterocycles. The van der Waals surface area contributed by atoms with E-state index >= 15 is 0 Å². The van der Waals surface area contributed by atoms with E-state index in [2.05, 4.69) is 4.90 Å². The van der Waals surface area contributed by atoms with E-state index in [9.17, 15) is 10.2 Å². The second-order valence-corrected chi connectivity index (χ2v) is 6.70. The van der Waals surface area contributed by atoms with Gasteiger partial charge in [0, 0.05) is 11.6 Å². The Balaban J connectivity index is 2.24. The summed E-state index contributed by atoms with van der Waals surface area (Å²) in [7, 11) is 5.70. The van der Waals surface area contributed by atoms with E-state index in [1.807, 2.05) is 32.3 Å². The standard InChI is InChI=1S/C18H29NO3/c1-19(2)16(12-18(21)9-5-4-6-10-18)14-7-8-17(22-3)15(11-14)13-20/h7-8,11,16,20-21H,4-6,9-10,12-13H2,1-3H3. The summed E-state index contributed by atoms with van der Waals surface area (Å²) in [4.78, 5) is 2.15. The van der Waals surface area contributed by atoms with Gasteiger partial charge in [0.05, 0.1) is 19.3 Å². The molecule has 2 N–H and O–H groups in total. The van der Waals surface area contributed by atoms with Crippen LogP contribution in [0.2, 0.25) is 0 Å². The number of benzene rings is 1. The highest BCUT2D eigenvalue weighted by Gasteiger charge is 2.33. The van der Waals surface area contributed by atoms with Crippen LogP contribution in [-0.2, 0) is 6.61 Å². The van der Waals surface area contributed by atoms with Gasteiger partial charge in [-0.2, -0.15) is 0 Å². The Bertz CT molecular complexity index is 481. The van der Waals surface area contributed by atoms with E-state index in [1.54, 1.807) is 7.11 Å².